The number of piperidine rings is 1. The first kappa shape index (κ1) is 28.3. The van der Waals surface area contributed by atoms with E-state index in [0.717, 1.165) is 61.4 Å². The maximum Gasteiger partial charge on any atom is 0.332 e. The number of esters is 1. The topological polar surface area (TPSA) is 29.5 Å². The molecule has 4 aliphatic carbocycles. The molecule has 3 saturated carbocycles. The summed E-state index contributed by atoms with van der Waals surface area (Å²) in [5.74, 6) is 5.08. The molecule has 0 amide bonds. The van der Waals surface area contributed by atoms with Crippen LogP contribution in [0.5, 0.6) is 0 Å². The summed E-state index contributed by atoms with van der Waals surface area (Å²) in [5.41, 5.74) is 2.48. The Morgan fingerprint density at radius 1 is 1.03 bits per heavy atom. The zero-order valence-corrected chi connectivity index (χ0v) is 25.4. The van der Waals surface area contributed by atoms with Gasteiger partial charge in [-0.05, 0) is 111 Å². The molecule has 0 aromatic carbocycles. The third-order valence-corrected chi connectivity index (χ3v) is 12.4. The van der Waals surface area contributed by atoms with Crippen LogP contribution in [0.4, 0.5) is 0 Å². The Kier molecular flexibility index (Phi) is 8.71. The molecule has 3 heteroatoms. The van der Waals surface area contributed by atoms with Gasteiger partial charge in [-0.15, -0.1) is 0 Å². The molecule has 5 rings (SSSR count). The molecular formula is C35H57NO2. The lowest BCUT2D eigenvalue weighted by Gasteiger charge is -2.58. The van der Waals surface area contributed by atoms with Gasteiger partial charge in [-0.25, -0.2) is 4.79 Å². The van der Waals surface area contributed by atoms with Crippen LogP contribution >= 0.6 is 0 Å². The minimum atomic E-state index is -0.147. The fourth-order valence-corrected chi connectivity index (χ4v) is 10.2. The second-order valence-electron chi connectivity index (χ2n) is 15.0. The van der Waals surface area contributed by atoms with Crippen LogP contribution in [0.3, 0.4) is 0 Å². The first-order valence-electron chi connectivity index (χ1n) is 16.5. The maximum atomic E-state index is 12.6. The van der Waals surface area contributed by atoms with Gasteiger partial charge < -0.3 is 9.64 Å². The molecule has 2 unspecified atom stereocenters. The van der Waals surface area contributed by atoms with Crippen LogP contribution in [0.1, 0.15) is 125 Å². The lowest BCUT2D eigenvalue weighted by atomic mass is 9.47. The Morgan fingerprint density at radius 3 is 2.58 bits per heavy atom. The molecule has 0 bridgehead atoms. The van der Waals surface area contributed by atoms with E-state index in [1.165, 1.54) is 77.0 Å². The van der Waals surface area contributed by atoms with Gasteiger partial charge in [0, 0.05) is 31.8 Å². The summed E-state index contributed by atoms with van der Waals surface area (Å²) in [5, 5.41) is 0. The van der Waals surface area contributed by atoms with Gasteiger partial charge in [-0.1, -0.05) is 65.5 Å². The summed E-state index contributed by atoms with van der Waals surface area (Å²) >= 11 is 0. The van der Waals surface area contributed by atoms with Crippen LogP contribution in [0.15, 0.2) is 23.9 Å². The van der Waals surface area contributed by atoms with Gasteiger partial charge in [0.15, 0.2) is 0 Å². The highest BCUT2D eigenvalue weighted by Gasteiger charge is 2.59. The first-order chi connectivity index (χ1) is 18.2. The van der Waals surface area contributed by atoms with Crippen molar-refractivity contribution in [2.75, 3.05) is 13.1 Å². The highest BCUT2D eigenvalue weighted by molar-refractivity contribution is 5.82. The van der Waals surface area contributed by atoms with Crippen molar-refractivity contribution < 1.29 is 9.53 Å². The number of allylic oxidation sites excluding steroid dienone is 1. The molecule has 0 N–H and O–H groups in total. The van der Waals surface area contributed by atoms with E-state index < -0.39 is 0 Å². The molecule has 4 fully saturated rings. The molecule has 0 radical (unpaired) electrons. The van der Waals surface area contributed by atoms with E-state index in [2.05, 4.69) is 45.6 Å². The smallest absolute Gasteiger partial charge is 0.332 e. The van der Waals surface area contributed by atoms with Crippen LogP contribution in [0.2, 0.25) is 0 Å². The average Bonchev–Trinajstić information content (AvgIpc) is 3.25. The molecule has 8 atom stereocenters. The van der Waals surface area contributed by atoms with Crippen molar-refractivity contribution in [3.8, 4) is 0 Å². The Hall–Kier alpha value is -1.25. The van der Waals surface area contributed by atoms with E-state index in [0.29, 0.717) is 10.8 Å². The van der Waals surface area contributed by atoms with Crippen LogP contribution in [-0.4, -0.2) is 30.1 Å². The van der Waals surface area contributed by atoms with E-state index in [-0.39, 0.29) is 12.1 Å². The number of carbonyl (C=O) groups is 1. The van der Waals surface area contributed by atoms with Gasteiger partial charge in [0.2, 0.25) is 0 Å². The van der Waals surface area contributed by atoms with Gasteiger partial charge in [-0.3, -0.25) is 0 Å². The molecule has 214 valence electrons. The standard InChI is InChI=1S/C35H57NO2/c1-25(2)10-9-11-26(3)30-14-15-31-29-13-12-27-24-28(38-33(37)18-23-36-21-7-6-8-22-36)16-19-34(27,4)32(29)17-20-35(30,31)5/h12,18,23,25-26,28-32H,6-11,13-17,19-22,24H2,1-5H3/b23-18+/t26-,28+,29+,30-,31?,32?,34+,35-/m1/s1. The summed E-state index contributed by atoms with van der Waals surface area (Å²) in [4.78, 5) is 14.9. The molecule has 38 heavy (non-hydrogen) atoms. The van der Waals surface area contributed by atoms with E-state index >= 15 is 0 Å². The zero-order chi connectivity index (χ0) is 26.9. The second-order valence-corrected chi connectivity index (χ2v) is 15.0. The SMILES string of the molecule is CC(C)CCC[C@@H](C)[C@H]1CCC2[C@@H]3CC=C4C[C@@H](OC(=O)/C=C/N5CCCCC5)CC[C@]4(C)C3CC[C@@]21C. The summed E-state index contributed by atoms with van der Waals surface area (Å²) in [6.45, 7) is 14.7. The summed E-state index contributed by atoms with van der Waals surface area (Å²) in [7, 11) is 0. The third-order valence-electron chi connectivity index (χ3n) is 12.4. The van der Waals surface area contributed by atoms with E-state index in [1.807, 2.05) is 6.20 Å². The van der Waals surface area contributed by atoms with Crippen LogP contribution in [0.25, 0.3) is 0 Å². The Bertz CT molecular complexity index is 884. The molecule has 0 spiro atoms. The number of nitrogens with zero attached hydrogens (tertiary/aromatic N) is 1. The Morgan fingerprint density at radius 2 is 1.82 bits per heavy atom. The van der Waals surface area contributed by atoms with Crippen molar-refractivity contribution >= 4 is 5.97 Å². The summed E-state index contributed by atoms with van der Waals surface area (Å²) in [6.07, 6.45) is 24.5. The van der Waals surface area contributed by atoms with Crippen molar-refractivity contribution in [1.29, 1.82) is 0 Å². The normalized spacial score (nSPS) is 39.9. The second kappa shape index (κ2) is 11.7. The van der Waals surface area contributed by atoms with Crippen molar-refractivity contribution in [2.24, 2.45) is 46.3 Å². The first-order valence-corrected chi connectivity index (χ1v) is 16.5. The van der Waals surface area contributed by atoms with Crippen LogP contribution < -0.4 is 0 Å². The largest absolute Gasteiger partial charge is 0.459 e. The van der Waals surface area contributed by atoms with E-state index in [9.17, 15) is 4.79 Å². The zero-order valence-electron chi connectivity index (χ0n) is 25.4. The number of hydrogen-bond donors (Lipinski definition) is 0. The molecule has 1 aliphatic heterocycles. The molecule has 1 heterocycles. The molecule has 1 saturated heterocycles. The minimum absolute atomic E-state index is 0.0563. The molecule has 5 aliphatic rings. The van der Waals surface area contributed by atoms with Crippen molar-refractivity contribution in [3.05, 3.63) is 23.9 Å². The minimum Gasteiger partial charge on any atom is -0.459 e. The predicted octanol–water partition coefficient (Wildman–Crippen LogP) is 8.94. The fraction of sp³-hybridized carbons (Fsp3) is 0.857. The van der Waals surface area contributed by atoms with E-state index in [4.69, 9.17) is 4.74 Å². The van der Waals surface area contributed by atoms with Gasteiger partial charge in [-0.2, -0.15) is 0 Å². The van der Waals surface area contributed by atoms with Gasteiger partial charge in [0.05, 0.1) is 0 Å². The molecule has 0 aromatic heterocycles. The summed E-state index contributed by atoms with van der Waals surface area (Å²) in [6, 6.07) is 0. The van der Waals surface area contributed by atoms with Crippen molar-refractivity contribution in [2.45, 2.75) is 131 Å². The van der Waals surface area contributed by atoms with Crippen LogP contribution in [0, 0.1) is 46.3 Å². The highest BCUT2D eigenvalue weighted by Crippen LogP contribution is 2.67. The number of carbonyl (C=O) groups excluding carboxylic acids is 1. The number of hydrogen-bond acceptors (Lipinski definition) is 3. The highest BCUT2D eigenvalue weighted by atomic mass is 16.5. The monoisotopic (exact) mass is 523 g/mol. The lowest BCUT2D eigenvalue weighted by Crippen LogP contribution is -2.51. The molecule has 3 nitrogen and oxygen atoms in total. The molecular weight excluding hydrogens is 466 g/mol. The lowest BCUT2D eigenvalue weighted by molar-refractivity contribution is -0.145. The quantitative estimate of drug-likeness (QED) is 0.181. The molecule has 0 aromatic rings. The van der Waals surface area contributed by atoms with Crippen molar-refractivity contribution in [3.63, 3.8) is 0 Å². The third kappa shape index (κ3) is 5.64. The number of fused-ring (bicyclic) bond motifs is 5. The average molecular weight is 524 g/mol. The van der Waals surface area contributed by atoms with Crippen molar-refractivity contribution in [1.82, 2.24) is 4.90 Å². The van der Waals surface area contributed by atoms with Gasteiger partial charge in [0.25, 0.3) is 0 Å². The maximum absolute atomic E-state index is 12.6. The van der Waals surface area contributed by atoms with E-state index in [1.54, 1.807) is 11.6 Å². The fourth-order valence-electron chi connectivity index (χ4n) is 10.2. The summed E-state index contributed by atoms with van der Waals surface area (Å²) < 4.78 is 5.99. The Labute approximate surface area is 234 Å². The number of likely N-dealkylation sites (tertiary alicyclic amines) is 1. The number of rotatable bonds is 8. The van der Waals surface area contributed by atoms with Crippen LogP contribution in [-0.2, 0) is 9.53 Å². The van der Waals surface area contributed by atoms with Gasteiger partial charge in [0.1, 0.15) is 6.10 Å². The predicted molar refractivity (Wildman–Crippen MR) is 157 cm³/mol. The Balaban J connectivity index is 1.20. The van der Waals surface area contributed by atoms with Gasteiger partial charge >= 0.3 is 5.97 Å². The number of ether oxygens (including phenoxy) is 1.